The molecule has 0 saturated carbocycles. The number of thioether (sulfide) groups is 1. The van der Waals surface area contributed by atoms with Gasteiger partial charge in [-0.3, -0.25) is 0 Å². The van der Waals surface area contributed by atoms with E-state index in [1.165, 1.54) is 5.56 Å². The normalized spacial score (nSPS) is 23.8. The SMILES string of the molecule is C=C(C)C1Oc2ccccc2C1SC(C)(CO)CCC. The molecule has 0 amide bonds. The van der Waals surface area contributed by atoms with Crippen LogP contribution in [0.3, 0.4) is 0 Å². The van der Waals surface area contributed by atoms with E-state index >= 15 is 0 Å². The van der Waals surface area contributed by atoms with Crippen LogP contribution >= 0.6 is 11.8 Å². The van der Waals surface area contributed by atoms with E-state index in [0.29, 0.717) is 0 Å². The lowest BCUT2D eigenvalue weighted by Crippen LogP contribution is -2.29. The first-order valence-electron chi connectivity index (χ1n) is 7.20. The van der Waals surface area contributed by atoms with Gasteiger partial charge in [-0.05, 0) is 31.9 Å². The molecule has 0 aromatic heterocycles. The Hall–Kier alpha value is -0.930. The fourth-order valence-electron chi connectivity index (χ4n) is 2.68. The highest BCUT2D eigenvalue weighted by Crippen LogP contribution is 2.51. The molecule has 3 unspecified atom stereocenters. The van der Waals surface area contributed by atoms with Crippen molar-refractivity contribution in [2.75, 3.05) is 6.61 Å². The molecule has 3 atom stereocenters. The molecule has 1 N–H and O–H groups in total. The van der Waals surface area contributed by atoms with Gasteiger partial charge in [-0.1, -0.05) is 38.1 Å². The molecule has 0 bridgehead atoms. The summed E-state index contributed by atoms with van der Waals surface area (Å²) in [5, 5.41) is 9.98. The Kier molecular flexibility index (Phi) is 4.82. The molecule has 0 radical (unpaired) electrons. The van der Waals surface area contributed by atoms with Gasteiger partial charge in [0.05, 0.1) is 11.9 Å². The van der Waals surface area contributed by atoms with Crippen LogP contribution in [0.25, 0.3) is 0 Å². The first-order chi connectivity index (χ1) is 9.50. The summed E-state index contributed by atoms with van der Waals surface area (Å²) in [6.07, 6.45) is 2.06. The lowest BCUT2D eigenvalue weighted by Gasteiger charge is -2.31. The van der Waals surface area contributed by atoms with Gasteiger partial charge >= 0.3 is 0 Å². The molecule has 1 heterocycles. The molecule has 110 valence electrons. The Balaban J connectivity index is 2.29. The Bertz CT molecular complexity index is 486. The van der Waals surface area contributed by atoms with Crippen LogP contribution in [0.15, 0.2) is 36.4 Å². The summed E-state index contributed by atoms with van der Waals surface area (Å²) in [6, 6.07) is 8.19. The number of hydrogen-bond acceptors (Lipinski definition) is 3. The van der Waals surface area contributed by atoms with E-state index in [4.69, 9.17) is 4.74 Å². The molecule has 3 heteroatoms. The van der Waals surface area contributed by atoms with E-state index in [1.54, 1.807) is 0 Å². The van der Waals surface area contributed by atoms with E-state index in [2.05, 4.69) is 26.5 Å². The van der Waals surface area contributed by atoms with Gasteiger partial charge in [0.1, 0.15) is 11.9 Å². The quantitative estimate of drug-likeness (QED) is 0.790. The van der Waals surface area contributed by atoms with Crippen LogP contribution in [0.5, 0.6) is 5.75 Å². The average molecular weight is 292 g/mol. The number of fused-ring (bicyclic) bond motifs is 1. The highest BCUT2D eigenvalue weighted by Gasteiger charge is 2.39. The Morgan fingerprint density at radius 3 is 2.75 bits per heavy atom. The monoisotopic (exact) mass is 292 g/mol. The first kappa shape index (κ1) is 15.5. The zero-order chi connectivity index (χ0) is 14.8. The van der Waals surface area contributed by atoms with Crippen LogP contribution in [0.4, 0.5) is 0 Å². The maximum atomic E-state index is 9.77. The second-order valence-corrected chi connectivity index (χ2v) is 7.55. The lowest BCUT2D eigenvalue weighted by molar-refractivity contribution is 0.244. The minimum absolute atomic E-state index is 0.000121. The van der Waals surface area contributed by atoms with Gasteiger partial charge in [0.2, 0.25) is 0 Å². The van der Waals surface area contributed by atoms with Crippen molar-refractivity contribution in [1.29, 1.82) is 0 Å². The van der Waals surface area contributed by atoms with Gasteiger partial charge in [0, 0.05) is 10.3 Å². The van der Waals surface area contributed by atoms with Crippen molar-refractivity contribution in [2.24, 2.45) is 0 Å². The van der Waals surface area contributed by atoms with Crippen LogP contribution in [0, 0.1) is 0 Å². The van der Waals surface area contributed by atoms with Gasteiger partial charge in [0.15, 0.2) is 0 Å². The largest absolute Gasteiger partial charge is 0.484 e. The maximum Gasteiger partial charge on any atom is 0.135 e. The van der Waals surface area contributed by atoms with Gasteiger partial charge in [-0.25, -0.2) is 0 Å². The molecule has 1 aromatic carbocycles. The smallest absolute Gasteiger partial charge is 0.135 e. The number of ether oxygens (including phenoxy) is 1. The molecule has 1 aromatic rings. The van der Waals surface area contributed by atoms with Gasteiger partial charge in [-0.15, -0.1) is 11.8 Å². The zero-order valence-corrected chi connectivity index (χ0v) is 13.4. The summed E-state index contributed by atoms with van der Waals surface area (Å²) in [5.74, 6) is 0.954. The summed E-state index contributed by atoms with van der Waals surface area (Å²) in [4.78, 5) is 0. The van der Waals surface area contributed by atoms with Crippen molar-refractivity contribution >= 4 is 11.8 Å². The molecule has 1 aliphatic rings. The highest BCUT2D eigenvalue weighted by molar-refractivity contribution is 8.01. The molecule has 2 rings (SSSR count). The number of hydrogen-bond donors (Lipinski definition) is 1. The minimum Gasteiger partial charge on any atom is -0.484 e. The molecule has 0 spiro atoms. The minimum atomic E-state index is -0.131. The predicted molar refractivity (Wildman–Crippen MR) is 86.4 cm³/mol. The van der Waals surface area contributed by atoms with Crippen LogP contribution in [0.2, 0.25) is 0 Å². The van der Waals surface area contributed by atoms with Crippen molar-refractivity contribution in [1.82, 2.24) is 0 Å². The predicted octanol–water partition coefficient (Wildman–Crippen LogP) is 4.35. The Labute approximate surface area is 126 Å². The fourth-order valence-corrected chi connectivity index (χ4v) is 4.42. The molecule has 20 heavy (non-hydrogen) atoms. The molecule has 1 aliphatic heterocycles. The van der Waals surface area contributed by atoms with Crippen LogP contribution in [-0.4, -0.2) is 22.6 Å². The maximum absolute atomic E-state index is 9.77. The van der Waals surface area contributed by atoms with Gasteiger partial charge in [0.25, 0.3) is 0 Å². The van der Waals surface area contributed by atoms with E-state index < -0.39 is 0 Å². The molecular formula is C17H24O2S. The van der Waals surface area contributed by atoms with E-state index in [9.17, 15) is 5.11 Å². The molecule has 0 saturated heterocycles. The van der Waals surface area contributed by atoms with Crippen LogP contribution in [-0.2, 0) is 0 Å². The second kappa shape index (κ2) is 6.23. The van der Waals surface area contributed by atoms with Crippen LogP contribution < -0.4 is 4.74 Å². The number of rotatable bonds is 6. The summed E-state index contributed by atoms with van der Waals surface area (Å²) in [6.45, 7) is 10.6. The van der Waals surface area contributed by atoms with Crippen molar-refractivity contribution in [3.8, 4) is 5.75 Å². The number of para-hydroxylation sites is 1. The standard InChI is InChI=1S/C17H24O2S/c1-5-10-17(4,11-18)20-16-13-8-6-7-9-14(13)19-15(16)12(2)3/h6-9,15-16,18H,2,5,10-11H2,1,3-4H3. The van der Waals surface area contributed by atoms with Crippen LogP contribution in [0.1, 0.15) is 44.4 Å². The molecule has 0 fully saturated rings. The number of benzene rings is 1. The number of aliphatic hydroxyl groups excluding tert-OH is 1. The summed E-state index contributed by atoms with van der Waals surface area (Å²) >= 11 is 1.82. The van der Waals surface area contributed by atoms with E-state index in [0.717, 1.165) is 24.2 Å². The second-order valence-electron chi connectivity index (χ2n) is 5.82. The zero-order valence-electron chi connectivity index (χ0n) is 12.6. The third-order valence-electron chi connectivity index (χ3n) is 3.76. The van der Waals surface area contributed by atoms with Crippen molar-refractivity contribution in [3.63, 3.8) is 0 Å². The third-order valence-corrected chi connectivity index (χ3v) is 5.42. The fraction of sp³-hybridized carbons (Fsp3) is 0.529. The van der Waals surface area contributed by atoms with Gasteiger partial charge in [-0.2, -0.15) is 0 Å². The Morgan fingerprint density at radius 2 is 2.15 bits per heavy atom. The summed E-state index contributed by atoms with van der Waals surface area (Å²) in [7, 11) is 0. The lowest BCUT2D eigenvalue weighted by atomic mass is 10.1. The average Bonchev–Trinajstić information content (AvgIpc) is 2.78. The summed E-state index contributed by atoms with van der Waals surface area (Å²) < 4.78 is 5.92. The highest BCUT2D eigenvalue weighted by atomic mass is 32.2. The van der Waals surface area contributed by atoms with Crippen molar-refractivity contribution in [3.05, 3.63) is 42.0 Å². The van der Waals surface area contributed by atoms with E-state index in [-0.39, 0.29) is 22.7 Å². The van der Waals surface area contributed by atoms with Crippen molar-refractivity contribution in [2.45, 2.75) is 49.7 Å². The molecular weight excluding hydrogens is 268 g/mol. The number of aliphatic hydroxyl groups is 1. The Morgan fingerprint density at radius 1 is 1.45 bits per heavy atom. The molecule has 2 nitrogen and oxygen atoms in total. The third kappa shape index (κ3) is 3.04. The molecule has 0 aliphatic carbocycles. The van der Waals surface area contributed by atoms with E-state index in [1.807, 2.05) is 36.9 Å². The topological polar surface area (TPSA) is 29.5 Å². The van der Waals surface area contributed by atoms with Gasteiger partial charge < -0.3 is 9.84 Å². The van der Waals surface area contributed by atoms with Crippen molar-refractivity contribution < 1.29 is 9.84 Å². The summed E-state index contributed by atoms with van der Waals surface area (Å²) in [5.41, 5.74) is 2.26. The first-order valence-corrected chi connectivity index (χ1v) is 8.08.